The van der Waals surface area contributed by atoms with Crippen molar-refractivity contribution in [3.05, 3.63) is 21.4 Å². The molecule has 0 saturated carbocycles. The first kappa shape index (κ1) is 20.1. The molecule has 3 heterocycles. The number of hydrogen-bond donors (Lipinski definition) is 2. The van der Waals surface area contributed by atoms with Gasteiger partial charge in [-0.1, -0.05) is 6.92 Å². The van der Waals surface area contributed by atoms with Crippen LogP contribution in [0.5, 0.6) is 0 Å². The summed E-state index contributed by atoms with van der Waals surface area (Å²) in [5.41, 5.74) is 0.627. The van der Waals surface area contributed by atoms with Gasteiger partial charge in [0.2, 0.25) is 0 Å². The summed E-state index contributed by atoms with van der Waals surface area (Å²) in [7, 11) is 0. The standard InChI is InChI=1S/C20H31N3O3S/c1-5-9-21-18(25)23-10-7-20(8-11-23)16-14(6-12-26-20)13-15(27-16)17(24)22-19(2,3)4/h13H,5-12H2,1-4H3,(H,21,25)(H,22,24). The van der Waals surface area contributed by atoms with Gasteiger partial charge in [-0.25, -0.2) is 4.79 Å². The molecule has 0 radical (unpaired) electrons. The van der Waals surface area contributed by atoms with E-state index in [0.717, 1.165) is 30.6 Å². The number of carbonyl (C=O) groups is 2. The van der Waals surface area contributed by atoms with Crippen molar-refractivity contribution in [2.24, 2.45) is 0 Å². The molecule has 0 unspecified atom stereocenters. The van der Waals surface area contributed by atoms with Gasteiger partial charge in [-0.15, -0.1) is 11.3 Å². The van der Waals surface area contributed by atoms with E-state index in [1.54, 1.807) is 11.3 Å². The zero-order valence-electron chi connectivity index (χ0n) is 16.8. The average molecular weight is 394 g/mol. The Morgan fingerprint density at radius 1 is 1.30 bits per heavy atom. The number of urea groups is 1. The molecule has 2 aliphatic rings. The third kappa shape index (κ3) is 4.46. The zero-order valence-corrected chi connectivity index (χ0v) is 17.6. The summed E-state index contributed by atoms with van der Waals surface area (Å²) < 4.78 is 6.26. The van der Waals surface area contributed by atoms with Crippen LogP contribution in [0, 0.1) is 0 Å². The van der Waals surface area contributed by atoms with Crippen LogP contribution in [0.15, 0.2) is 6.07 Å². The predicted octanol–water partition coefficient (Wildman–Crippen LogP) is 3.26. The van der Waals surface area contributed by atoms with Crippen molar-refractivity contribution in [3.8, 4) is 0 Å². The number of amides is 3. The highest BCUT2D eigenvalue weighted by atomic mass is 32.1. The summed E-state index contributed by atoms with van der Waals surface area (Å²) in [5.74, 6) is -0.0200. The molecular formula is C20H31N3O3S. The topological polar surface area (TPSA) is 70.7 Å². The Labute approximate surface area is 165 Å². The largest absolute Gasteiger partial charge is 0.369 e. The number of nitrogens with zero attached hydrogens (tertiary/aromatic N) is 1. The van der Waals surface area contributed by atoms with Crippen LogP contribution >= 0.6 is 11.3 Å². The number of hydrogen-bond acceptors (Lipinski definition) is 4. The fourth-order valence-electron chi connectivity index (χ4n) is 3.72. The molecule has 7 heteroatoms. The summed E-state index contributed by atoms with van der Waals surface area (Å²) in [6, 6.07) is 2.05. The predicted molar refractivity (Wildman–Crippen MR) is 107 cm³/mol. The number of fused-ring (bicyclic) bond motifs is 2. The molecule has 2 N–H and O–H groups in total. The minimum absolute atomic E-state index is 0.0131. The van der Waals surface area contributed by atoms with Crippen LogP contribution in [0.4, 0.5) is 4.79 Å². The Morgan fingerprint density at radius 3 is 2.63 bits per heavy atom. The minimum Gasteiger partial charge on any atom is -0.369 e. The average Bonchev–Trinajstić information content (AvgIpc) is 3.05. The first-order valence-corrected chi connectivity index (χ1v) is 10.7. The van der Waals surface area contributed by atoms with Gasteiger partial charge in [-0.2, -0.15) is 0 Å². The number of rotatable bonds is 3. The molecule has 1 spiro atoms. The van der Waals surface area contributed by atoms with Crippen molar-refractivity contribution in [1.82, 2.24) is 15.5 Å². The van der Waals surface area contributed by atoms with Crippen LogP contribution in [0.2, 0.25) is 0 Å². The summed E-state index contributed by atoms with van der Waals surface area (Å²) in [5, 5.41) is 6.00. The Bertz CT molecular complexity index is 700. The van der Waals surface area contributed by atoms with Gasteiger partial charge < -0.3 is 20.3 Å². The number of ether oxygens (including phenoxy) is 1. The maximum absolute atomic E-state index is 12.6. The highest BCUT2D eigenvalue weighted by molar-refractivity contribution is 7.14. The van der Waals surface area contributed by atoms with Crippen molar-refractivity contribution in [2.45, 2.75) is 64.5 Å². The second-order valence-electron chi connectivity index (χ2n) is 8.48. The third-order valence-corrected chi connectivity index (χ3v) is 6.43. The Kier molecular flexibility index (Phi) is 5.82. The smallest absolute Gasteiger partial charge is 0.317 e. The second-order valence-corrected chi connectivity index (χ2v) is 9.53. The number of nitrogens with one attached hydrogen (secondary N) is 2. The quantitative estimate of drug-likeness (QED) is 0.828. The van der Waals surface area contributed by atoms with Gasteiger partial charge in [0.1, 0.15) is 5.60 Å². The van der Waals surface area contributed by atoms with E-state index in [0.29, 0.717) is 26.2 Å². The SMILES string of the molecule is CCCNC(=O)N1CCC2(CC1)OCCc1cc(C(=O)NC(C)(C)C)sc12. The highest BCUT2D eigenvalue weighted by Crippen LogP contribution is 2.45. The van der Waals surface area contributed by atoms with Crippen LogP contribution < -0.4 is 10.6 Å². The molecule has 1 fully saturated rings. The Balaban J connectivity index is 1.73. The Morgan fingerprint density at radius 2 is 2.00 bits per heavy atom. The van der Waals surface area contributed by atoms with Gasteiger partial charge >= 0.3 is 6.03 Å². The van der Waals surface area contributed by atoms with Crippen LogP contribution in [-0.4, -0.2) is 48.6 Å². The molecule has 0 bridgehead atoms. The van der Waals surface area contributed by atoms with E-state index in [1.165, 1.54) is 10.4 Å². The summed E-state index contributed by atoms with van der Waals surface area (Å²) in [6.45, 7) is 10.7. The molecule has 0 aliphatic carbocycles. The molecule has 2 aliphatic heterocycles. The van der Waals surface area contributed by atoms with E-state index in [4.69, 9.17) is 4.74 Å². The van der Waals surface area contributed by atoms with Crippen molar-refractivity contribution in [1.29, 1.82) is 0 Å². The van der Waals surface area contributed by atoms with Crippen LogP contribution in [0.25, 0.3) is 0 Å². The number of thiophene rings is 1. The summed E-state index contributed by atoms with van der Waals surface area (Å²) in [4.78, 5) is 28.6. The maximum atomic E-state index is 12.6. The van der Waals surface area contributed by atoms with E-state index in [9.17, 15) is 9.59 Å². The van der Waals surface area contributed by atoms with Gasteiger partial charge in [0, 0.05) is 30.1 Å². The number of likely N-dealkylation sites (tertiary alicyclic amines) is 1. The first-order valence-electron chi connectivity index (χ1n) is 9.86. The lowest BCUT2D eigenvalue weighted by Crippen LogP contribution is -2.50. The number of piperidine rings is 1. The molecule has 0 atom stereocenters. The maximum Gasteiger partial charge on any atom is 0.317 e. The van der Waals surface area contributed by atoms with Crippen molar-refractivity contribution >= 4 is 23.3 Å². The van der Waals surface area contributed by atoms with Gasteiger partial charge in [0.05, 0.1) is 11.5 Å². The number of carbonyl (C=O) groups excluding carboxylic acids is 2. The van der Waals surface area contributed by atoms with Crippen LogP contribution in [0.3, 0.4) is 0 Å². The molecule has 3 rings (SSSR count). The molecule has 1 aromatic rings. The van der Waals surface area contributed by atoms with E-state index >= 15 is 0 Å². The molecule has 1 aromatic heterocycles. The minimum atomic E-state index is -0.347. The summed E-state index contributed by atoms with van der Waals surface area (Å²) >= 11 is 1.56. The van der Waals surface area contributed by atoms with E-state index < -0.39 is 0 Å². The fourth-order valence-corrected chi connectivity index (χ4v) is 5.03. The van der Waals surface area contributed by atoms with Gasteiger partial charge in [0.15, 0.2) is 0 Å². The van der Waals surface area contributed by atoms with Crippen molar-refractivity contribution in [3.63, 3.8) is 0 Å². The third-order valence-electron chi connectivity index (χ3n) is 5.07. The van der Waals surface area contributed by atoms with E-state index in [2.05, 4.69) is 10.6 Å². The summed E-state index contributed by atoms with van der Waals surface area (Å²) in [6.07, 6.45) is 3.34. The van der Waals surface area contributed by atoms with Crippen LogP contribution in [-0.2, 0) is 16.8 Å². The molecule has 6 nitrogen and oxygen atoms in total. The van der Waals surface area contributed by atoms with Gasteiger partial charge in [-0.3, -0.25) is 4.79 Å². The van der Waals surface area contributed by atoms with E-state index in [1.807, 2.05) is 38.7 Å². The van der Waals surface area contributed by atoms with Gasteiger partial charge in [0.25, 0.3) is 5.91 Å². The molecule has 3 amide bonds. The van der Waals surface area contributed by atoms with Crippen molar-refractivity contribution < 1.29 is 14.3 Å². The molecular weight excluding hydrogens is 362 g/mol. The lowest BCUT2D eigenvalue weighted by molar-refractivity contribution is -0.0896. The second kappa shape index (κ2) is 7.80. The molecule has 0 aromatic carbocycles. The van der Waals surface area contributed by atoms with Gasteiger partial charge in [-0.05, 0) is 58.1 Å². The molecule has 27 heavy (non-hydrogen) atoms. The van der Waals surface area contributed by atoms with E-state index in [-0.39, 0.29) is 23.1 Å². The molecule has 1 saturated heterocycles. The zero-order chi connectivity index (χ0) is 19.7. The lowest BCUT2D eigenvalue weighted by atomic mass is 9.85. The normalized spacial score (nSPS) is 18.9. The fraction of sp³-hybridized carbons (Fsp3) is 0.700. The lowest BCUT2D eigenvalue weighted by Gasteiger charge is -2.43. The first-order chi connectivity index (χ1) is 12.7. The molecule has 150 valence electrons. The van der Waals surface area contributed by atoms with Crippen LogP contribution in [0.1, 0.15) is 67.1 Å². The monoisotopic (exact) mass is 393 g/mol. The highest BCUT2D eigenvalue weighted by Gasteiger charge is 2.43. The van der Waals surface area contributed by atoms with Crippen molar-refractivity contribution in [2.75, 3.05) is 26.2 Å². The Hall–Kier alpha value is -1.60.